The van der Waals surface area contributed by atoms with Crippen molar-refractivity contribution in [2.45, 2.75) is 69.8 Å². The molecular formula is C25H29N3O3S. The van der Waals surface area contributed by atoms with E-state index in [0.29, 0.717) is 17.3 Å². The van der Waals surface area contributed by atoms with E-state index < -0.39 is 5.60 Å². The Balaban J connectivity index is 1.19. The van der Waals surface area contributed by atoms with Crippen molar-refractivity contribution in [3.63, 3.8) is 0 Å². The first-order chi connectivity index (χ1) is 15.3. The zero-order valence-corrected chi connectivity index (χ0v) is 19.3. The van der Waals surface area contributed by atoms with E-state index in [9.17, 15) is 9.90 Å². The second-order valence-electron chi connectivity index (χ2n) is 9.45. The molecule has 2 N–H and O–H groups in total. The lowest BCUT2D eigenvalue weighted by Gasteiger charge is -2.39. The van der Waals surface area contributed by atoms with Crippen LogP contribution in [0.2, 0.25) is 0 Å². The molecule has 0 spiro atoms. The SMILES string of the molecule is CC(C)(O)C(=O)NC1CC2CC[C@@H](C1)N2Cc1ccc(Oc2nc3ccccc3s2)cc1. The first kappa shape index (κ1) is 21.4. The van der Waals surface area contributed by atoms with Gasteiger partial charge in [-0.2, -0.15) is 0 Å². The van der Waals surface area contributed by atoms with Gasteiger partial charge in [0, 0.05) is 24.7 Å². The van der Waals surface area contributed by atoms with Gasteiger partial charge in [-0.1, -0.05) is 35.6 Å². The number of amides is 1. The van der Waals surface area contributed by atoms with Crippen molar-refractivity contribution in [3.05, 3.63) is 54.1 Å². The summed E-state index contributed by atoms with van der Waals surface area (Å²) in [5, 5.41) is 13.6. The minimum atomic E-state index is -1.33. The number of aromatic nitrogens is 1. The zero-order valence-electron chi connectivity index (χ0n) is 18.5. The van der Waals surface area contributed by atoms with Crippen molar-refractivity contribution in [1.82, 2.24) is 15.2 Å². The molecule has 32 heavy (non-hydrogen) atoms. The van der Waals surface area contributed by atoms with Gasteiger partial charge in [-0.05, 0) is 69.4 Å². The van der Waals surface area contributed by atoms with E-state index in [1.807, 2.05) is 30.3 Å². The topological polar surface area (TPSA) is 74.7 Å². The van der Waals surface area contributed by atoms with Gasteiger partial charge in [0.1, 0.15) is 11.4 Å². The van der Waals surface area contributed by atoms with Gasteiger partial charge in [0.25, 0.3) is 11.1 Å². The maximum atomic E-state index is 12.2. The van der Waals surface area contributed by atoms with E-state index in [-0.39, 0.29) is 11.9 Å². The van der Waals surface area contributed by atoms with Crippen molar-refractivity contribution >= 4 is 27.5 Å². The molecule has 2 unspecified atom stereocenters. The van der Waals surface area contributed by atoms with Crippen molar-refractivity contribution in [1.29, 1.82) is 0 Å². The molecule has 7 heteroatoms. The maximum Gasteiger partial charge on any atom is 0.279 e. The number of hydrogen-bond acceptors (Lipinski definition) is 6. The fourth-order valence-corrected chi connectivity index (χ4v) is 5.72. The van der Waals surface area contributed by atoms with Gasteiger partial charge < -0.3 is 15.2 Å². The largest absolute Gasteiger partial charge is 0.431 e. The van der Waals surface area contributed by atoms with E-state index in [4.69, 9.17) is 4.74 Å². The minimum absolute atomic E-state index is 0.146. The summed E-state index contributed by atoms with van der Waals surface area (Å²) in [6.45, 7) is 3.98. The molecule has 5 rings (SSSR count). The first-order valence-electron chi connectivity index (χ1n) is 11.3. The second kappa shape index (κ2) is 8.46. The molecule has 2 aromatic carbocycles. The number of thiazole rings is 1. The molecule has 0 aliphatic carbocycles. The Kier molecular flexibility index (Phi) is 5.65. The summed E-state index contributed by atoms with van der Waals surface area (Å²) >= 11 is 1.55. The Bertz CT molecular complexity index is 1060. The molecular weight excluding hydrogens is 422 g/mol. The van der Waals surface area contributed by atoms with Crippen LogP contribution in [0.1, 0.15) is 45.1 Å². The molecule has 6 nitrogen and oxygen atoms in total. The Hall–Kier alpha value is -2.48. The molecule has 0 saturated carbocycles. The average Bonchev–Trinajstić information content (AvgIpc) is 3.25. The average molecular weight is 452 g/mol. The summed E-state index contributed by atoms with van der Waals surface area (Å²) in [5.41, 5.74) is 0.894. The van der Waals surface area contributed by atoms with Gasteiger partial charge in [-0.15, -0.1) is 0 Å². The van der Waals surface area contributed by atoms with Crippen molar-refractivity contribution in [3.8, 4) is 10.9 Å². The smallest absolute Gasteiger partial charge is 0.279 e. The molecule has 1 aromatic heterocycles. The highest BCUT2D eigenvalue weighted by molar-refractivity contribution is 7.20. The lowest BCUT2D eigenvalue weighted by molar-refractivity contribution is -0.137. The van der Waals surface area contributed by atoms with E-state index in [2.05, 4.69) is 33.4 Å². The van der Waals surface area contributed by atoms with E-state index >= 15 is 0 Å². The number of fused-ring (bicyclic) bond motifs is 3. The maximum absolute atomic E-state index is 12.2. The predicted octanol–water partition coefficient (Wildman–Crippen LogP) is 4.47. The van der Waals surface area contributed by atoms with Gasteiger partial charge >= 0.3 is 0 Å². The van der Waals surface area contributed by atoms with Crippen LogP contribution in [0.4, 0.5) is 0 Å². The molecule has 1 amide bonds. The molecule has 2 saturated heterocycles. The number of carbonyl (C=O) groups excluding carboxylic acids is 1. The molecule has 2 fully saturated rings. The summed E-state index contributed by atoms with van der Waals surface area (Å²) in [6.07, 6.45) is 4.21. The van der Waals surface area contributed by atoms with E-state index in [1.165, 1.54) is 32.3 Å². The monoisotopic (exact) mass is 451 g/mol. The minimum Gasteiger partial charge on any atom is -0.431 e. The van der Waals surface area contributed by atoms with Crippen LogP contribution in [0.25, 0.3) is 10.2 Å². The molecule has 0 radical (unpaired) electrons. The van der Waals surface area contributed by atoms with Crippen LogP contribution >= 0.6 is 11.3 Å². The van der Waals surface area contributed by atoms with E-state index in [0.717, 1.165) is 35.4 Å². The molecule has 3 heterocycles. The fraction of sp³-hybridized carbons (Fsp3) is 0.440. The Morgan fingerprint density at radius 1 is 1.16 bits per heavy atom. The number of nitrogens with zero attached hydrogens (tertiary/aromatic N) is 2. The van der Waals surface area contributed by atoms with Crippen LogP contribution in [-0.2, 0) is 11.3 Å². The third-order valence-electron chi connectivity index (χ3n) is 6.54. The van der Waals surface area contributed by atoms with Crippen molar-refractivity contribution in [2.75, 3.05) is 0 Å². The Morgan fingerprint density at radius 2 is 1.84 bits per heavy atom. The first-order valence-corrected chi connectivity index (χ1v) is 12.1. The summed E-state index contributed by atoms with van der Waals surface area (Å²) in [4.78, 5) is 19.3. The number of aliphatic hydroxyl groups is 1. The number of para-hydroxylation sites is 1. The van der Waals surface area contributed by atoms with Gasteiger partial charge in [-0.25, -0.2) is 4.98 Å². The molecule has 2 aliphatic heterocycles. The standard InChI is InChI=1S/C25H29N3O3S/c1-25(2,30)23(29)26-17-13-18-9-10-19(14-17)28(18)15-16-7-11-20(12-8-16)31-24-27-21-5-3-4-6-22(21)32-24/h3-8,11-12,17-19,30H,9-10,13-15H2,1-2H3,(H,26,29)/t17?,18-,19?/m0/s1. The molecule has 168 valence electrons. The van der Waals surface area contributed by atoms with Crippen LogP contribution in [-0.4, -0.2) is 44.6 Å². The van der Waals surface area contributed by atoms with Crippen LogP contribution in [0.5, 0.6) is 10.9 Å². The van der Waals surface area contributed by atoms with Crippen molar-refractivity contribution in [2.24, 2.45) is 0 Å². The number of ether oxygens (including phenoxy) is 1. The lowest BCUT2D eigenvalue weighted by atomic mass is 9.95. The van der Waals surface area contributed by atoms with Gasteiger partial charge in [0.15, 0.2) is 0 Å². The number of carbonyl (C=O) groups is 1. The third kappa shape index (κ3) is 4.51. The Labute approximate surface area is 192 Å². The summed E-state index contributed by atoms with van der Waals surface area (Å²) in [7, 11) is 0. The number of hydrogen-bond donors (Lipinski definition) is 2. The van der Waals surface area contributed by atoms with Gasteiger partial charge in [-0.3, -0.25) is 9.69 Å². The molecule has 3 atom stereocenters. The summed E-state index contributed by atoms with van der Waals surface area (Å²) in [5.74, 6) is 0.517. The van der Waals surface area contributed by atoms with Gasteiger partial charge in [0.2, 0.25) is 0 Å². The molecule has 2 aliphatic rings. The second-order valence-corrected chi connectivity index (χ2v) is 10.4. The summed E-state index contributed by atoms with van der Waals surface area (Å²) in [6, 6.07) is 17.4. The Morgan fingerprint density at radius 3 is 2.50 bits per heavy atom. The van der Waals surface area contributed by atoms with Crippen LogP contribution in [0.15, 0.2) is 48.5 Å². The van der Waals surface area contributed by atoms with Gasteiger partial charge in [0.05, 0.1) is 10.2 Å². The number of nitrogens with one attached hydrogen (secondary N) is 1. The zero-order chi connectivity index (χ0) is 22.3. The highest BCUT2D eigenvalue weighted by Crippen LogP contribution is 2.37. The molecule has 3 aromatic rings. The lowest BCUT2D eigenvalue weighted by Crippen LogP contribution is -2.53. The van der Waals surface area contributed by atoms with Crippen LogP contribution in [0.3, 0.4) is 0 Å². The van der Waals surface area contributed by atoms with Crippen LogP contribution in [0, 0.1) is 0 Å². The van der Waals surface area contributed by atoms with E-state index in [1.54, 1.807) is 11.3 Å². The predicted molar refractivity (Wildman–Crippen MR) is 126 cm³/mol. The van der Waals surface area contributed by atoms with Crippen molar-refractivity contribution < 1.29 is 14.6 Å². The summed E-state index contributed by atoms with van der Waals surface area (Å²) < 4.78 is 7.10. The number of benzene rings is 2. The normalized spacial score (nSPS) is 23.4. The molecule has 2 bridgehead atoms. The highest BCUT2D eigenvalue weighted by Gasteiger charge is 2.41. The fourth-order valence-electron chi connectivity index (χ4n) is 4.88. The number of piperidine rings is 1. The third-order valence-corrected chi connectivity index (χ3v) is 7.46. The number of rotatable bonds is 6. The quantitative estimate of drug-likeness (QED) is 0.578. The highest BCUT2D eigenvalue weighted by atomic mass is 32.1. The van der Waals surface area contributed by atoms with Crippen LogP contribution < -0.4 is 10.1 Å².